The number of aromatic nitrogens is 2. The summed E-state index contributed by atoms with van der Waals surface area (Å²) >= 11 is 0. The van der Waals surface area contributed by atoms with Gasteiger partial charge in [-0.05, 0) is 86.6 Å². The lowest BCUT2D eigenvalue weighted by molar-refractivity contribution is -0.0504. The molecule has 2 fully saturated rings. The van der Waals surface area contributed by atoms with E-state index in [2.05, 4.69) is 28.5 Å². The fourth-order valence-electron chi connectivity index (χ4n) is 7.47. The Labute approximate surface area is 276 Å². The van der Waals surface area contributed by atoms with Crippen molar-refractivity contribution >= 4 is 28.0 Å². The normalized spacial score (nSPS) is 20.7. The standard InChI is InChI=1S/C35H43N5O6S/c1-22(2)16-26-21-46-30-18-29(31-23(3)8-6-9-24(31)4)36-33(37-30)38-47(43,44)28-11-7-10-25(17-28)32(41)40(26)27-19-35(20-27)12-14-39(15-13-35)34(42)45-5/h6-11,17-18,22,26-27H,12-16,19-21H2,1-5H3,(H,36,37,38)/t26-/m1/s1. The number of amides is 2. The molecule has 250 valence electrons. The number of nitrogens with zero attached hydrogens (tertiary/aromatic N) is 4. The Morgan fingerprint density at radius 2 is 1.74 bits per heavy atom. The highest BCUT2D eigenvalue weighted by Crippen LogP contribution is 2.52. The number of likely N-dealkylation sites (tertiary alicyclic amines) is 1. The molecule has 12 heteroatoms. The van der Waals surface area contributed by atoms with E-state index in [-0.39, 0.29) is 58.7 Å². The second-order valence-corrected chi connectivity index (χ2v) is 15.3. The lowest BCUT2D eigenvalue weighted by atomic mass is 9.59. The first-order valence-corrected chi connectivity index (χ1v) is 17.7. The lowest BCUT2D eigenvalue weighted by Gasteiger charge is -2.56. The number of sulfonamides is 1. The van der Waals surface area contributed by atoms with E-state index in [1.165, 1.54) is 19.2 Å². The third-order valence-electron chi connectivity index (χ3n) is 9.84. The third kappa shape index (κ3) is 6.65. The fraction of sp³-hybridized carbons (Fsp3) is 0.486. The van der Waals surface area contributed by atoms with Crippen LogP contribution >= 0.6 is 0 Å². The molecular formula is C35H43N5O6S. The number of piperidine rings is 1. The maximum absolute atomic E-state index is 14.5. The highest BCUT2D eigenvalue weighted by Gasteiger charge is 2.51. The quantitative estimate of drug-likeness (QED) is 0.370. The van der Waals surface area contributed by atoms with Crippen LogP contribution in [-0.4, -0.2) is 79.1 Å². The number of fused-ring (bicyclic) bond motifs is 4. The van der Waals surface area contributed by atoms with Gasteiger partial charge < -0.3 is 19.3 Å². The number of benzene rings is 2. The van der Waals surface area contributed by atoms with Gasteiger partial charge in [0.1, 0.15) is 6.61 Å². The molecule has 0 unspecified atom stereocenters. The van der Waals surface area contributed by atoms with E-state index in [0.29, 0.717) is 30.8 Å². The first-order chi connectivity index (χ1) is 22.4. The van der Waals surface area contributed by atoms with Crippen LogP contribution in [-0.2, 0) is 14.8 Å². The molecule has 1 aliphatic carbocycles. The molecule has 3 heterocycles. The topological polar surface area (TPSA) is 131 Å². The fourth-order valence-corrected chi connectivity index (χ4v) is 8.46. The summed E-state index contributed by atoms with van der Waals surface area (Å²) in [5.41, 5.74) is 3.72. The van der Waals surface area contributed by atoms with Crippen LogP contribution in [0, 0.1) is 25.2 Å². The van der Waals surface area contributed by atoms with Crippen molar-refractivity contribution in [1.82, 2.24) is 19.8 Å². The number of ether oxygens (including phenoxy) is 2. The van der Waals surface area contributed by atoms with E-state index in [1.807, 2.05) is 36.9 Å². The van der Waals surface area contributed by atoms with Crippen molar-refractivity contribution in [3.8, 4) is 17.1 Å². The minimum atomic E-state index is -4.14. The zero-order chi connectivity index (χ0) is 33.5. The molecule has 0 radical (unpaired) electrons. The minimum Gasteiger partial charge on any atom is -0.475 e. The van der Waals surface area contributed by atoms with Crippen LogP contribution in [0.4, 0.5) is 10.7 Å². The Balaban J connectivity index is 1.39. The molecular weight excluding hydrogens is 618 g/mol. The zero-order valence-electron chi connectivity index (χ0n) is 27.7. The summed E-state index contributed by atoms with van der Waals surface area (Å²) < 4.78 is 41.2. The highest BCUT2D eigenvalue weighted by atomic mass is 32.2. The van der Waals surface area contributed by atoms with Gasteiger partial charge in [0.2, 0.25) is 11.8 Å². The molecule has 1 saturated heterocycles. The largest absolute Gasteiger partial charge is 0.475 e. The highest BCUT2D eigenvalue weighted by molar-refractivity contribution is 7.92. The van der Waals surface area contributed by atoms with Crippen molar-refractivity contribution in [1.29, 1.82) is 0 Å². The smallest absolute Gasteiger partial charge is 0.409 e. The summed E-state index contributed by atoms with van der Waals surface area (Å²) in [6.45, 7) is 9.63. The van der Waals surface area contributed by atoms with Gasteiger partial charge in [-0.2, -0.15) is 4.98 Å². The van der Waals surface area contributed by atoms with Crippen LogP contribution in [0.1, 0.15) is 67.4 Å². The van der Waals surface area contributed by atoms with Gasteiger partial charge in [-0.15, -0.1) is 0 Å². The number of methoxy groups -OCH3 is 1. The second kappa shape index (κ2) is 12.8. The van der Waals surface area contributed by atoms with Gasteiger partial charge in [-0.1, -0.05) is 38.1 Å². The number of aryl methyl sites for hydroxylation is 2. The summed E-state index contributed by atoms with van der Waals surface area (Å²) in [6.07, 6.45) is 3.67. The Bertz CT molecular complexity index is 1760. The SMILES string of the molecule is COC(=O)N1CCC2(CC1)CC(N1C(=O)c3cccc(c3)S(=O)(=O)Nc3nc(cc(-c4c(C)cccc4C)n3)OC[C@H]1CC(C)C)C2. The van der Waals surface area contributed by atoms with Gasteiger partial charge in [0.25, 0.3) is 15.9 Å². The molecule has 1 N–H and O–H groups in total. The second-order valence-electron chi connectivity index (χ2n) is 13.6. The molecule has 2 aliphatic heterocycles. The van der Waals surface area contributed by atoms with E-state index >= 15 is 0 Å². The average Bonchev–Trinajstić information content (AvgIpc) is 3.02. The van der Waals surface area contributed by atoms with Crippen molar-refractivity contribution in [2.45, 2.75) is 76.8 Å². The summed E-state index contributed by atoms with van der Waals surface area (Å²) in [5, 5.41) is 0. The predicted octanol–water partition coefficient (Wildman–Crippen LogP) is 5.82. The molecule has 3 aromatic rings. The summed E-state index contributed by atoms with van der Waals surface area (Å²) in [7, 11) is -2.74. The lowest BCUT2D eigenvalue weighted by Crippen LogP contribution is -2.60. The summed E-state index contributed by atoms with van der Waals surface area (Å²) in [5.74, 6) is 0.151. The van der Waals surface area contributed by atoms with Crippen molar-refractivity contribution in [3.63, 3.8) is 0 Å². The molecule has 47 heavy (non-hydrogen) atoms. The zero-order valence-corrected chi connectivity index (χ0v) is 28.5. The van der Waals surface area contributed by atoms with E-state index in [1.54, 1.807) is 23.1 Å². The molecule has 1 saturated carbocycles. The first kappa shape index (κ1) is 32.7. The average molecular weight is 662 g/mol. The Morgan fingerprint density at radius 3 is 2.40 bits per heavy atom. The number of carbonyl (C=O) groups excluding carboxylic acids is 2. The van der Waals surface area contributed by atoms with E-state index in [4.69, 9.17) is 9.47 Å². The number of nitrogens with one attached hydrogen (secondary N) is 1. The van der Waals surface area contributed by atoms with Gasteiger partial charge in [-0.25, -0.2) is 22.9 Å². The van der Waals surface area contributed by atoms with Crippen LogP contribution in [0.3, 0.4) is 0 Å². The Morgan fingerprint density at radius 1 is 1.06 bits per heavy atom. The maximum atomic E-state index is 14.5. The van der Waals surface area contributed by atoms with Gasteiger partial charge in [0, 0.05) is 36.3 Å². The number of hydrogen-bond donors (Lipinski definition) is 1. The Hall–Kier alpha value is -4.19. The van der Waals surface area contributed by atoms with Crippen molar-refractivity contribution in [3.05, 3.63) is 65.2 Å². The van der Waals surface area contributed by atoms with Gasteiger partial charge in [-0.3, -0.25) is 4.79 Å². The molecule has 1 aromatic heterocycles. The van der Waals surface area contributed by atoms with Crippen LogP contribution in [0.25, 0.3) is 11.3 Å². The van der Waals surface area contributed by atoms with Crippen LogP contribution in [0.5, 0.6) is 5.88 Å². The van der Waals surface area contributed by atoms with Gasteiger partial charge >= 0.3 is 6.09 Å². The predicted molar refractivity (Wildman–Crippen MR) is 178 cm³/mol. The van der Waals surface area contributed by atoms with Gasteiger partial charge in [0.15, 0.2) is 0 Å². The molecule has 11 nitrogen and oxygen atoms in total. The van der Waals surface area contributed by atoms with Crippen molar-refractivity contribution in [2.75, 3.05) is 31.5 Å². The summed E-state index contributed by atoms with van der Waals surface area (Å²) in [6, 6.07) is 13.5. The molecule has 1 spiro atoms. The molecule has 6 rings (SSSR count). The molecule has 2 amide bonds. The monoisotopic (exact) mass is 661 g/mol. The maximum Gasteiger partial charge on any atom is 0.409 e. The molecule has 1 atom stereocenters. The van der Waals surface area contributed by atoms with E-state index < -0.39 is 10.0 Å². The molecule has 4 bridgehead atoms. The first-order valence-electron chi connectivity index (χ1n) is 16.2. The van der Waals surface area contributed by atoms with E-state index in [9.17, 15) is 18.0 Å². The van der Waals surface area contributed by atoms with Crippen LogP contribution in [0.2, 0.25) is 0 Å². The molecule has 3 aliphatic rings. The molecule has 2 aromatic carbocycles. The number of carbonyl (C=O) groups is 2. The van der Waals surface area contributed by atoms with Crippen molar-refractivity contribution < 1.29 is 27.5 Å². The van der Waals surface area contributed by atoms with E-state index in [0.717, 1.165) is 42.4 Å². The number of rotatable bonds is 4. The number of anilines is 1. The summed E-state index contributed by atoms with van der Waals surface area (Å²) in [4.78, 5) is 39.3. The van der Waals surface area contributed by atoms with Crippen LogP contribution in [0.15, 0.2) is 53.4 Å². The minimum absolute atomic E-state index is 0.0385. The van der Waals surface area contributed by atoms with Gasteiger partial charge in [0.05, 0.1) is 23.7 Å². The van der Waals surface area contributed by atoms with Crippen molar-refractivity contribution in [2.24, 2.45) is 11.3 Å². The Kier molecular flexibility index (Phi) is 8.90. The third-order valence-corrected chi connectivity index (χ3v) is 11.2. The number of hydrogen-bond acceptors (Lipinski definition) is 8. The van der Waals surface area contributed by atoms with Crippen LogP contribution < -0.4 is 9.46 Å².